The van der Waals surface area contributed by atoms with Crippen molar-refractivity contribution >= 4 is 13.8 Å². The zero-order chi connectivity index (χ0) is 46.2. The summed E-state index contributed by atoms with van der Waals surface area (Å²) in [5.74, 6) is -0.482. The van der Waals surface area contributed by atoms with Gasteiger partial charge in [-0.25, -0.2) is 4.57 Å². The van der Waals surface area contributed by atoms with Gasteiger partial charge >= 0.3 is 13.8 Å². The van der Waals surface area contributed by atoms with Gasteiger partial charge in [-0.3, -0.25) is 13.8 Å². The van der Waals surface area contributed by atoms with E-state index in [0.29, 0.717) is 13.0 Å². The van der Waals surface area contributed by atoms with Crippen LogP contribution in [0.5, 0.6) is 0 Å². The normalized spacial score (nSPS) is 22.3. The molecule has 12 nitrogen and oxygen atoms in total. The van der Waals surface area contributed by atoms with Crippen molar-refractivity contribution in [2.75, 3.05) is 19.8 Å². The van der Waals surface area contributed by atoms with Crippen molar-refractivity contribution in [2.24, 2.45) is 0 Å². The second-order valence-electron chi connectivity index (χ2n) is 16.9. The van der Waals surface area contributed by atoms with Crippen molar-refractivity contribution in [1.29, 1.82) is 0 Å². The maximum absolute atomic E-state index is 12.8. The molecule has 1 fully saturated rings. The Balaban J connectivity index is 2.33. The highest BCUT2D eigenvalue weighted by Gasteiger charge is 2.51. The number of hydrogen-bond acceptors (Lipinski definition) is 11. The molecule has 0 aromatic rings. The molecule has 13 heteroatoms. The zero-order valence-electron chi connectivity index (χ0n) is 39.1. The minimum absolute atomic E-state index is 0.0830. The number of rotatable bonds is 41. The fraction of sp³-hybridized carbons (Fsp3) is 0.780. The number of allylic oxidation sites excluding steroid dienone is 10. The summed E-state index contributed by atoms with van der Waals surface area (Å²) in [5, 5.41) is 50.2. The molecule has 63 heavy (non-hydrogen) atoms. The summed E-state index contributed by atoms with van der Waals surface area (Å²) in [6.07, 6.45) is 38.6. The first-order chi connectivity index (χ1) is 30.5. The molecule has 1 aliphatic rings. The van der Waals surface area contributed by atoms with Gasteiger partial charge in [0.25, 0.3) is 0 Å². The number of hydrogen-bond donors (Lipinski definition) is 6. The van der Waals surface area contributed by atoms with E-state index in [-0.39, 0.29) is 13.0 Å². The molecule has 0 spiro atoms. The fourth-order valence-corrected chi connectivity index (χ4v) is 8.24. The number of aliphatic hydroxyl groups is 5. The Kier molecular flexibility index (Phi) is 37.8. The van der Waals surface area contributed by atoms with Crippen LogP contribution in [0.25, 0.3) is 0 Å². The Bertz CT molecular complexity index is 1270. The topological polar surface area (TPSA) is 192 Å². The van der Waals surface area contributed by atoms with E-state index in [1.165, 1.54) is 77.0 Å². The van der Waals surface area contributed by atoms with Crippen LogP contribution in [0.1, 0.15) is 187 Å². The highest BCUT2D eigenvalue weighted by Crippen LogP contribution is 2.47. The van der Waals surface area contributed by atoms with Gasteiger partial charge in [-0.05, 0) is 57.8 Å². The Morgan fingerprint density at radius 3 is 1.43 bits per heavy atom. The summed E-state index contributed by atoms with van der Waals surface area (Å²) in [7, 11) is -5.02. The van der Waals surface area contributed by atoms with E-state index >= 15 is 0 Å². The molecular formula is C50H89O12P. The minimum Gasteiger partial charge on any atom is -0.457 e. The monoisotopic (exact) mass is 913 g/mol. The quantitative estimate of drug-likeness (QED) is 0.0147. The molecule has 1 aliphatic carbocycles. The summed E-state index contributed by atoms with van der Waals surface area (Å²) < 4.78 is 34.2. The Labute approximate surface area is 381 Å². The van der Waals surface area contributed by atoms with Crippen LogP contribution in [0.3, 0.4) is 0 Å². The third-order valence-electron chi connectivity index (χ3n) is 11.2. The summed E-state index contributed by atoms with van der Waals surface area (Å²) in [4.78, 5) is 23.2. The second-order valence-corrected chi connectivity index (χ2v) is 18.3. The third kappa shape index (κ3) is 32.4. The summed E-state index contributed by atoms with van der Waals surface area (Å²) >= 11 is 0. The van der Waals surface area contributed by atoms with Crippen molar-refractivity contribution in [3.8, 4) is 0 Å². The molecule has 0 radical (unpaired) electrons. The van der Waals surface area contributed by atoms with Gasteiger partial charge in [0.05, 0.1) is 13.2 Å². The van der Waals surface area contributed by atoms with Crippen LogP contribution in [-0.4, -0.2) is 98.9 Å². The van der Waals surface area contributed by atoms with Crippen LogP contribution in [0.15, 0.2) is 60.8 Å². The second kappa shape index (κ2) is 40.3. The number of aliphatic hydroxyl groups excluding tert-OH is 5. The lowest BCUT2D eigenvalue weighted by Crippen LogP contribution is -2.64. The van der Waals surface area contributed by atoms with Crippen molar-refractivity contribution in [3.05, 3.63) is 60.8 Å². The molecule has 0 saturated heterocycles. The number of unbranched alkanes of at least 4 members (excludes halogenated alkanes) is 19. The van der Waals surface area contributed by atoms with Crippen molar-refractivity contribution in [3.63, 3.8) is 0 Å². The smallest absolute Gasteiger partial charge is 0.457 e. The third-order valence-corrected chi connectivity index (χ3v) is 12.1. The van der Waals surface area contributed by atoms with Crippen molar-refractivity contribution < 1.29 is 58.3 Å². The van der Waals surface area contributed by atoms with Crippen LogP contribution in [0.4, 0.5) is 0 Å². The average molecular weight is 913 g/mol. The van der Waals surface area contributed by atoms with E-state index in [1.54, 1.807) is 0 Å². The first-order valence-electron chi connectivity index (χ1n) is 24.6. The number of phosphoric ester groups is 1. The Morgan fingerprint density at radius 2 is 0.937 bits per heavy atom. The molecule has 0 aromatic heterocycles. The van der Waals surface area contributed by atoms with Gasteiger partial charge in [-0.2, -0.15) is 0 Å². The largest absolute Gasteiger partial charge is 0.472 e. The number of ether oxygens (including phenoxy) is 2. The molecule has 0 aromatic carbocycles. The van der Waals surface area contributed by atoms with E-state index in [0.717, 1.165) is 83.5 Å². The Hall–Kier alpha value is -1.96. The fourth-order valence-electron chi connectivity index (χ4n) is 7.26. The van der Waals surface area contributed by atoms with E-state index in [2.05, 4.69) is 74.6 Å². The average Bonchev–Trinajstić information content (AvgIpc) is 3.27. The van der Waals surface area contributed by atoms with Crippen LogP contribution < -0.4 is 0 Å². The maximum atomic E-state index is 12.8. The van der Waals surface area contributed by atoms with Crippen LogP contribution in [0, 0.1) is 0 Å². The first kappa shape index (κ1) is 59.1. The number of carbonyl (C=O) groups excluding carboxylic acids is 1. The molecular weight excluding hydrogens is 824 g/mol. The lowest BCUT2D eigenvalue weighted by molar-refractivity contribution is -0.220. The summed E-state index contributed by atoms with van der Waals surface area (Å²) in [5.41, 5.74) is 0. The van der Waals surface area contributed by atoms with Crippen LogP contribution >= 0.6 is 7.82 Å². The van der Waals surface area contributed by atoms with Gasteiger partial charge in [0.1, 0.15) is 42.7 Å². The minimum atomic E-state index is -5.02. The van der Waals surface area contributed by atoms with Gasteiger partial charge in [-0.1, -0.05) is 184 Å². The molecule has 366 valence electrons. The molecule has 1 saturated carbocycles. The summed E-state index contributed by atoms with van der Waals surface area (Å²) in [6, 6.07) is 0. The molecule has 6 N–H and O–H groups in total. The summed E-state index contributed by atoms with van der Waals surface area (Å²) in [6.45, 7) is 4.12. The van der Waals surface area contributed by atoms with Crippen LogP contribution in [0.2, 0.25) is 0 Å². The van der Waals surface area contributed by atoms with E-state index in [9.17, 15) is 39.8 Å². The Morgan fingerprint density at radius 1 is 0.524 bits per heavy atom. The van der Waals surface area contributed by atoms with Gasteiger partial charge in [0, 0.05) is 13.0 Å². The lowest BCUT2D eigenvalue weighted by Gasteiger charge is -2.41. The highest BCUT2D eigenvalue weighted by atomic mass is 31.2. The van der Waals surface area contributed by atoms with Crippen molar-refractivity contribution in [1.82, 2.24) is 0 Å². The molecule has 0 bridgehead atoms. The maximum Gasteiger partial charge on any atom is 0.472 e. The van der Waals surface area contributed by atoms with Gasteiger partial charge in [-0.15, -0.1) is 0 Å². The lowest BCUT2D eigenvalue weighted by atomic mass is 9.85. The molecule has 6 unspecified atom stereocenters. The van der Waals surface area contributed by atoms with Crippen LogP contribution in [-0.2, 0) is 27.9 Å². The van der Waals surface area contributed by atoms with E-state index in [4.69, 9.17) is 18.5 Å². The zero-order valence-corrected chi connectivity index (χ0v) is 40.0. The van der Waals surface area contributed by atoms with Gasteiger partial charge in [0.2, 0.25) is 0 Å². The number of phosphoric acid groups is 1. The van der Waals surface area contributed by atoms with E-state index < -0.39 is 63.1 Å². The number of carbonyl (C=O) groups is 1. The number of esters is 1. The standard InChI is InChI=1S/C50H89O12P/c1-3-5-7-9-11-13-15-17-18-19-20-21-22-23-24-25-26-27-28-30-32-34-36-38-40-59-41-43(61-44(51)39-37-35-33-31-29-16-14-12-10-8-6-4-2)42-60-63(57,58)62-50-48(55)46(53)45(52)47(54)49(50)56/h5,7,11,13,17-18,20-21,23-24,43,45-50,52-56H,3-4,6,8-10,12,14-16,19,22,25-42H2,1-2H3,(H,57,58)/b7-5-,13-11-,18-17-,21-20-,24-23-. The first-order valence-corrected chi connectivity index (χ1v) is 26.1. The van der Waals surface area contributed by atoms with E-state index in [1.807, 2.05) is 0 Å². The SMILES string of the molecule is CC/C=C\C/C=C\C/C=C\C/C=C\C/C=C\CCCCCCCCCCOCC(COP(=O)(O)OC1C(O)C(O)C(O)C(O)C1O)OC(=O)CCCCCCCCCCCCCC. The molecule has 1 rings (SSSR count). The molecule has 0 aliphatic heterocycles. The highest BCUT2D eigenvalue weighted by molar-refractivity contribution is 7.47. The van der Waals surface area contributed by atoms with Crippen molar-refractivity contribution in [2.45, 2.75) is 230 Å². The predicted molar refractivity (Wildman–Crippen MR) is 253 cm³/mol. The van der Waals surface area contributed by atoms with Gasteiger partial charge in [0.15, 0.2) is 0 Å². The predicted octanol–water partition coefficient (Wildman–Crippen LogP) is 10.6. The molecule has 0 amide bonds. The molecule has 6 atom stereocenters. The van der Waals surface area contributed by atoms with Gasteiger partial charge < -0.3 is 39.9 Å². The molecule has 0 heterocycles.